The molecule has 0 saturated heterocycles. The molecular formula is C22H33F3N4O3S. The molecule has 2 rings (SSSR count). The van der Waals surface area contributed by atoms with Crippen LogP contribution in [0.25, 0.3) is 11.0 Å². The number of halogens is 3. The molecule has 0 aliphatic rings. The summed E-state index contributed by atoms with van der Waals surface area (Å²) in [6.07, 6.45) is -3.17. The SMILES string of the molecule is CCCN(CC(F)(F)F)C(=O)CCc1nc2cc(S(=O)(=O)N(CC)CC)ccc2n1CCC. The van der Waals surface area contributed by atoms with Crippen molar-refractivity contribution in [1.82, 2.24) is 18.8 Å². The number of hydrogen-bond acceptors (Lipinski definition) is 4. The number of aryl methyl sites for hydroxylation is 2. The summed E-state index contributed by atoms with van der Waals surface area (Å²) in [5.41, 5.74) is 1.22. The summed E-state index contributed by atoms with van der Waals surface area (Å²) in [5.74, 6) is -0.0184. The number of sulfonamides is 1. The van der Waals surface area contributed by atoms with Crippen molar-refractivity contribution in [3.05, 3.63) is 24.0 Å². The zero-order valence-electron chi connectivity index (χ0n) is 19.7. The highest BCUT2D eigenvalue weighted by Gasteiger charge is 2.32. The molecule has 0 fully saturated rings. The molecule has 0 radical (unpaired) electrons. The first-order valence-electron chi connectivity index (χ1n) is 11.3. The molecule has 0 N–H and O–H groups in total. The second kappa shape index (κ2) is 11.3. The first-order chi connectivity index (χ1) is 15.5. The van der Waals surface area contributed by atoms with Crippen LogP contribution in [0.1, 0.15) is 52.8 Å². The van der Waals surface area contributed by atoms with E-state index in [4.69, 9.17) is 0 Å². The minimum absolute atomic E-state index is 0.0380. The van der Waals surface area contributed by atoms with Gasteiger partial charge in [0.2, 0.25) is 15.9 Å². The fraction of sp³-hybridized carbons (Fsp3) is 0.636. The summed E-state index contributed by atoms with van der Waals surface area (Å²) in [6.45, 7) is 7.31. The molecule has 33 heavy (non-hydrogen) atoms. The predicted molar refractivity (Wildman–Crippen MR) is 121 cm³/mol. The highest BCUT2D eigenvalue weighted by atomic mass is 32.2. The molecule has 0 aliphatic carbocycles. The Morgan fingerprint density at radius 3 is 2.30 bits per heavy atom. The maximum Gasteiger partial charge on any atom is 0.406 e. The van der Waals surface area contributed by atoms with Crippen LogP contribution in [0, 0.1) is 0 Å². The molecule has 0 bridgehead atoms. The van der Waals surface area contributed by atoms with Gasteiger partial charge in [-0.1, -0.05) is 27.7 Å². The number of imidazole rings is 1. The van der Waals surface area contributed by atoms with Gasteiger partial charge >= 0.3 is 6.18 Å². The number of hydrogen-bond donors (Lipinski definition) is 0. The molecular weight excluding hydrogens is 457 g/mol. The van der Waals surface area contributed by atoms with E-state index in [0.717, 1.165) is 16.8 Å². The fourth-order valence-electron chi connectivity index (χ4n) is 3.85. The Kier molecular flexibility index (Phi) is 9.30. The predicted octanol–water partition coefficient (Wildman–Crippen LogP) is 4.21. The molecule has 1 amide bonds. The van der Waals surface area contributed by atoms with E-state index in [9.17, 15) is 26.4 Å². The second-order valence-electron chi connectivity index (χ2n) is 7.85. The first kappa shape index (κ1) is 27.1. The van der Waals surface area contributed by atoms with Gasteiger partial charge in [0.15, 0.2) is 0 Å². The van der Waals surface area contributed by atoms with E-state index in [0.29, 0.717) is 37.4 Å². The van der Waals surface area contributed by atoms with Gasteiger partial charge in [0, 0.05) is 39.0 Å². The highest BCUT2D eigenvalue weighted by molar-refractivity contribution is 7.89. The van der Waals surface area contributed by atoms with E-state index in [2.05, 4.69) is 4.98 Å². The van der Waals surface area contributed by atoms with E-state index in [1.54, 1.807) is 32.9 Å². The van der Waals surface area contributed by atoms with Gasteiger partial charge in [-0.3, -0.25) is 4.79 Å². The minimum Gasteiger partial charge on any atom is -0.334 e. The van der Waals surface area contributed by atoms with Crippen LogP contribution in [-0.4, -0.2) is 65.4 Å². The van der Waals surface area contributed by atoms with E-state index >= 15 is 0 Å². The number of carbonyl (C=O) groups excluding carboxylic acids is 1. The van der Waals surface area contributed by atoms with Crippen LogP contribution in [0.15, 0.2) is 23.1 Å². The zero-order chi connectivity index (χ0) is 24.8. The standard InChI is InChI=1S/C22H33F3N4O3S/c1-5-13-27(16-22(23,24)25)21(30)12-11-20-26-18-15-17(33(31,32)28(7-3)8-4)9-10-19(18)29(20)14-6-2/h9-10,15H,5-8,11-14,16H2,1-4H3. The Morgan fingerprint density at radius 1 is 1.09 bits per heavy atom. The van der Waals surface area contributed by atoms with E-state index in [1.165, 1.54) is 10.4 Å². The number of aromatic nitrogens is 2. The molecule has 0 aliphatic heterocycles. The average Bonchev–Trinajstić information content (AvgIpc) is 3.08. The smallest absolute Gasteiger partial charge is 0.334 e. The Labute approximate surface area is 193 Å². The van der Waals surface area contributed by atoms with Gasteiger partial charge in [-0.15, -0.1) is 0 Å². The van der Waals surface area contributed by atoms with Gasteiger partial charge in [-0.25, -0.2) is 13.4 Å². The van der Waals surface area contributed by atoms with Crippen molar-refractivity contribution >= 4 is 27.0 Å². The Hall–Kier alpha value is -2.14. The summed E-state index contributed by atoms with van der Waals surface area (Å²) in [4.78, 5) is 18.0. The molecule has 1 heterocycles. The quantitative estimate of drug-likeness (QED) is 0.447. The van der Waals surface area contributed by atoms with Gasteiger partial charge < -0.3 is 9.47 Å². The minimum atomic E-state index is -4.45. The molecule has 1 aromatic carbocycles. The van der Waals surface area contributed by atoms with Gasteiger partial charge in [-0.2, -0.15) is 17.5 Å². The summed E-state index contributed by atoms with van der Waals surface area (Å²) in [7, 11) is -3.65. The van der Waals surface area contributed by atoms with Crippen LogP contribution >= 0.6 is 0 Å². The summed E-state index contributed by atoms with van der Waals surface area (Å²) in [6, 6.07) is 4.77. The van der Waals surface area contributed by atoms with Crippen molar-refractivity contribution in [2.75, 3.05) is 26.2 Å². The average molecular weight is 491 g/mol. The third-order valence-electron chi connectivity index (χ3n) is 5.37. The lowest BCUT2D eigenvalue weighted by Gasteiger charge is -2.23. The lowest BCUT2D eigenvalue weighted by atomic mass is 10.2. The lowest BCUT2D eigenvalue weighted by Crippen LogP contribution is -2.39. The highest BCUT2D eigenvalue weighted by Crippen LogP contribution is 2.24. The van der Waals surface area contributed by atoms with Crippen LogP contribution in [0.4, 0.5) is 13.2 Å². The van der Waals surface area contributed by atoms with Crippen molar-refractivity contribution in [1.29, 1.82) is 0 Å². The van der Waals surface area contributed by atoms with Crippen LogP contribution in [0.3, 0.4) is 0 Å². The summed E-state index contributed by atoms with van der Waals surface area (Å²) >= 11 is 0. The zero-order valence-corrected chi connectivity index (χ0v) is 20.5. The van der Waals surface area contributed by atoms with Gasteiger partial charge in [0.05, 0.1) is 15.9 Å². The van der Waals surface area contributed by atoms with Crippen molar-refractivity contribution in [3.8, 4) is 0 Å². The number of carbonyl (C=O) groups is 1. The maximum atomic E-state index is 12.9. The number of fused-ring (bicyclic) bond motifs is 1. The van der Waals surface area contributed by atoms with Crippen molar-refractivity contribution in [2.45, 2.75) is 71.0 Å². The van der Waals surface area contributed by atoms with Crippen LogP contribution < -0.4 is 0 Å². The van der Waals surface area contributed by atoms with Crippen molar-refractivity contribution in [3.63, 3.8) is 0 Å². The monoisotopic (exact) mass is 490 g/mol. The van der Waals surface area contributed by atoms with Gasteiger partial charge in [0.1, 0.15) is 12.4 Å². The molecule has 2 aromatic rings. The Balaban J connectivity index is 2.34. The number of benzene rings is 1. The summed E-state index contributed by atoms with van der Waals surface area (Å²) < 4.78 is 67.5. The van der Waals surface area contributed by atoms with Crippen LogP contribution in [0.2, 0.25) is 0 Å². The molecule has 0 unspecified atom stereocenters. The molecule has 1 aromatic heterocycles. The van der Waals surface area contributed by atoms with Crippen LogP contribution in [0.5, 0.6) is 0 Å². The summed E-state index contributed by atoms with van der Waals surface area (Å²) in [5, 5.41) is 0. The van der Waals surface area contributed by atoms with Gasteiger partial charge in [-0.05, 0) is 31.0 Å². The lowest BCUT2D eigenvalue weighted by molar-refractivity contribution is -0.161. The number of rotatable bonds is 12. The van der Waals surface area contributed by atoms with E-state index < -0.39 is 28.7 Å². The Bertz CT molecular complexity index is 1050. The van der Waals surface area contributed by atoms with E-state index in [-0.39, 0.29) is 24.3 Å². The fourth-order valence-corrected chi connectivity index (χ4v) is 5.33. The van der Waals surface area contributed by atoms with E-state index in [1.807, 2.05) is 11.5 Å². The molecule has 0 spiro atoms. The molecule has 7 nitrogen and oxygen atoms in total. The topological polar surface area (TPSA) is 75.5 Å². The van der Waals surface area contributed by atoms with Crippen molar-refractivity contribution in [2.24, 2.45) is 0 Å². The Morgan fingerprint density at radius 2 is 1.76 bits per heavy atom. The second-order valence-corrected chi connectivity index (χ2v) is 9.79. The number of nitrogens with zero attached hydrogens (tertiary/aromatic N) is 4. The van der Waals surface area contributed by atoms with Gasteiger partial charge in [0.25, 0.3) is 0 Å². The molecule has 11 heteroatoms. The first-order valence-corrected chi connectivity index (χ1v) is 12.8. The molecule has 0 saturated carbocycles. The number of alkyl halides is 3. The normalized spacial score (nSPS) is 12.6. The van der Waals surface area contributed by atoms with Crippen molar-refractivity contribution < 1.29 is 26.4 Å². The van der Waals surface area contributed by atoms with Crippen LogP contribution in [-0.2, 0) is 27.8 Å². The largest absolute Gasteiger partial charge is 0.406 e. The maximum absolute atomic E-state index is 12.9. The third kappa shape index (κ3) is 6.69. The molecule has 186 valence electrons. The number of amides is 1. The third-order valence-corrected chi connectivity index (χ3v) is 7.41. The molecule has 0 atom stereocenters.